The summed E-state index contributed by atoms with van der Waals surface area (Å²) in [6.07, 6.45) is 4.66. The SMILES string of the molecule is O=CC1CC[C@]2(CCc3cccc(P(=O)(c4ccccc4)c4ccccc4)c32)N1. The van der Waals surface area contributed by atoms with E-state index in [4.69, 9.17) is 0 Å². The molecular weight excluding hydrogens is 377 g/mol. The monoisotopic (exact) mass is 401 g/mol. The highest BCUT2D eigenvalue weighted by atomic mass is 31.2. The average Bonchev–Trinajstić information content (AvgIpc) is 3.39. The zero-order valence-electron chi connectivity index (χ0n) is 16.3. The molecule has 1 aliphatic heterocycles. The second-order valence-electron chi connectivity index (χ2n) is 8.10. The van der Waals surface area contributed by atoms with E-state index in [9.17, 15) is 9.36 Å². The largest absolute Gasteiger partial charge is 0.309 e. The molecule has 0 aromatic heterocycles. The molecule has 1 fully saturated rings. The van der Waals surface area contributed by atoms with Crippen LogP contribution in [0.3, 0.4) is 0 Å². The molecular formula is C25H24NO2P. The quantitative estimate of drug-likeness (QED) is 0.538. The van der Waals surface area contributed by atoms with Crippen molar-refractivity contribution in [1.82, 2.24) is 5.32 Å². The number of aryl methyl sites for hydroxylation is 1. The van der Waals surface area contributed by atoms with Crippen LogP contribution in [0.5, 0.6) is 0 Å². The summed E-state index contributed by atoms with van der Waals surface area (Å²) in [5.41, 5.74) is 2.17. The fourth-order valence-electron chi connectivity index (χ4n) is 5.18. The summed E-state index contributed by atoms with van der Waals surface area (Å²) in [4.78, 5) is 11.5. The van der Waals surface area contributed by atoms with E-state index in [0.717, 1.165) is 47.9 Å². The maximum absolute atomic E-state index is 15.0. The topological polar surface area (TPSA) is 46.2 Å². The summed E-state index contributed by atoms with van der Waals surface area (Å²) >= 11 is 0. The summed E-state index contributed by atoms with van der Waals surface area (Å²) in [5.74, 6) is 0. The standard InChI is InChI=1S/C25H24NO2P/c27-18-20-15-17-25(26-20)16-14-19-8-7-13-23(24(19)25)29(28,21-9-3-1-4-10-21)22-11-5-2-6-12-22/h1-13,18,20,26H,14-17H2/t20?,25-/m0/s1. The van der Waals surface area contributed by atoms with Gasteiger partial charge in [-0.2, -0.15) is 0 Å². The van der Waals surface area contributed by atoms with E-state index in [2.05, 4.69) is 11.4 Å². The molecule has 1 aliphatic carbocycles. The van der Waals surface area contributed by atoms with Crippen molar-refractivity contribution in [3.05, 3.63) is 90.0 Å². The van der Waals surface area contributed by atoms with Crippen LogP contribution in [0.1, 0.15) is 30.4 Å². The predicted octanol–water partition coefficient (Wildman–Crippen LogP) is 3.42. The van der Waals surface area contributed by atoms with Crippen LogP contribution in [0.15, 0.2) is 78.9 Å². The lowest BCUT2D eigenvalue weighted by Crippen LogP contribution is -2.43. The van der Waals surface area contributed by atoms with Crippen LogP contribution in [0.25, 0.3) is 0 Å². The third-order valence-electron chi connectivity index (χ3n) is 6.52. The van der Waals surface area contributed by atoms with E-state index in [1.165, 1.54) is 11.1 Å². The smallest absolute Gasteiger partial charge is 0.171 e. The summed E-state index contributed by atoms with van der Waals surface area (Å²) in [6.45, 7) is 0. The highest BCUT2D eigenvalue weighted by Gasteiger charge is 2.48. The van der Waals surface area contributed by atoms with E-state index < -0.39 is 7.14 Å². The van der Waals surface area contributed by atoms with E-state index in [-0.39, 0.29) is 11.6 Å². The molecule has 1 heterocycles. The van der Waals surface area contributed by atoms with Gasteiger partial charge in [0, 0.05) is 21.5 Å². The number of hydrogen-bond acceptors (Lipinski definition) is 3. The Bertz CT molecular complexity index is 1050. The minimum absolute atomic E-state index is 0.123. The fourth-order valence-corrected chi connectivity index (χ4v) is 8.19. The van der Waals surface area contributed by atoms with Crippen molar-refractivity contribution >= 4 is 29.3 Å². The Hall–Kier alpha value is -2.48. The van der Waals surface area contributed by atoms with Gasteiger partial charge in [0.25, 0.3) is 0 Å². The summed E-state index contributed by atoms with van der Waals surface area (Å²) in [5, 5.41) is 6.23. The van der Waals surface area contributed by atoms with Crippen molar-refractivity contribution in [3.63, 3.8) is 0 Å². The van der Waals surface area contributed by atoms with Crippen molar-refractivity contribution in [2.24, 2.45) is 0 Å². The molecule has 3 aromatic rings. The van der Waals surface area contributed by atoms with Gasteiger partial charge in [0.05, 0.1) is 6.04 Å². The van der Waals surface area contributed by atoms with Gasteiger partial charge < -0.3 is 9.36 Å². The van der Waals surface area contributed by atoms with Gasteiger partial charge in [-0.3, -0.25) is 5.32 Å². The van der Waals surface area contributed by atoms with Gasteiger partial charge in [-0.15, -0.1) is 0 Å². The summed E-state index contributed by atoms with van der Waals surface area (Å²) in [7, 11) is -3.05. The Morgan fingerprint density at radius 2 is 1.52 bits per heavy atom. The van der Waals surface area contributed by atoms with Crippen molar-refractivity contribution in [2.45, 2.75) is 37.3 Å². The molecule has 2 atom stereocenters. The van der Waals surface area contributed by atoms with Gasteiger partial charge in [0.15, 0.2) is 7.14 Å². The lowest BCUT2D eigenvalue weighted by atomic mass is 9.90. The second kappa shape index (κ2) is 7.09. The molecule has 1 spiro atoms. The molecule has 4 heteroatoms. The van der Waals surface area contributed by atoms with Gasteiger partial charge in [-0.25, -0.2) is 0 Å². The van der Waals surface area contributed by atoms with Crippen LogP contribution in [-0.4, -0.2) is 12.3 Å². The second-order valence-corrected chi connectivity index (χ2v) is 10.8. The lowest BCUT2D eigenvalue weighted by Gasteiger charge is -2.31. The maximum Gasteiger partial charge on any atom is 0.171 e. The number of rotatable bonds is 4. The van der Waals surface area contributed by atoms with Crippen LogP contribution < -0.4 is 21.2 Å². The molecule has 0 bridgehead atoms. The molecule has 3 aromatic carbocycles. The van der Waals surface area contributed by atoms with Crippen molar-refractivity contribution in [1.29, 1.82) is 0 Å². The van der Waals surface area contributed by atoms with Crippen LogP contribution in [0.2, 0.25) is 0 Å². The molecule has 1 N–H and O–H groups in total. The Kier molecular flexibility index (Phi) is 4.53. The van der Waals surface area contributed by atoms with E-state index >= 15 is 0 Å². The highest BCUT2D eigenvalue weighted by Crippen LogP contribution is 2.50. The lowest BCUT2D eigenvalue weighted by molar-refractivity contribution is -0.109. The predicted molar refractivity (Wildman–Crippen MR) is 118 cm³/mol. The summed E-state index contributed by atoms with van der Waals surface area (Å²) in [6, 6.07) is 25.8. The first-order valence-corrected chi connectivity index (χ1v) is 12.0. The molecule has 3 nitrogen and oxygen atoms in total. The van der Waals surface area contributed by atoms with Gasteiger partial charge in [-0.05, 0) is 36.8 Å². The third-order valence-corrected chi connectivity index (χ3v) is 9.62. The van der Waals surface area contributed by atoms with Gasteiger partial charge >= 0.3 is 0 Å². The fraction of sp³-hybridized carbons (Fsp3) is 0.240. The van der Waals surface area contributed by atoms with E-state index in [1.54, 1.807) is 0 Å². The minimum atomic E-state index is -3.05. The molecule has 1 saturated heterocycles. The average molecular weight is 401 g/mol. The molecule has 1 unspecified atom stereocenters. The maximum atomic E-state index is 15.0. The number of aldehydes is 1. The van der Waals surface area contributed by atoms with E-state index in [0.29, 0.717) is 0 Å². The van der Waals surface area contributed by atoms with Crippen LogP contribution in [-0.2, 0) is 21.3 Å². The third kappa shape index (κ3) is 2.84. The molecule has 5 rings (SSSR count). The van der Waals surface area contributed by atoms with Gasteiger partial charge in [0.2, 0.25) is 0 Å². The summed E-state index contributed by atoms with van der Waals surface area (Å²) < 4.78 is 15.0. The zero-order valence-corrected chi connectivity index (χ0v) is 17.1. The number of nitrogens with one attached hydrogen (secondary N) is 1. The number of fused-ring (bicyclic) bond motifs is 2. The number of carbonyl (C=O) groups is 1. The molecule has 0 amide bonds. The number of benzene rings is 3. The van der Waals surface area contributed by atoms with Crippen molar-refractivity contribution in [2.75, 3.05) is 0 Å². The molecule has 146 valence electrons. The van der Waals surface area contributed by atoms with Gasteiger partial charge in [-0.1, -0.05) is 78.9 Å². The van der Waals surface area contributed by atoms with Crippen LogP contribution in [0.4, 0.5) is 0 Å². The highest BCUT2D eigenvalue weighted by molar-refractivity contribution is 7.85. The first-order chi connectivity index (χ1) is 14.2. The molecule has 29 heavy (non-hydrogen) atoms. The Morgan fingerprint density at radius 1 is 0.862 bits per heavy atom. The number of hydrogen-bond donors (Lipinski definition) is 1. The number of carbonyl (C=O) groups excluding carboxylic acids is 1. The normalized spacial score (nSPS) is 23.2. The van der Waals surface area contributed by atoms with Crippen molar-refractivity contribution < 1.29 is 9.36 Å². The Morgan fingerprint density at radius 3 is 2.10 bits per heavy atom. The molecule has 2 aliphatic rings. The van der Waals surface area contributed by atoms with Crippen LogP contribution >= 0.6 is 7.14 Å². The Labute approximate surface area is 171 Å². The van der Waals surface area contributed by atoms with Crippen LogP contribution in [0, 0.1) is 0 Å². The first kappa shape index (κ1) is 18.5. The molecule has 0 radical (unpaired) electrons. The minimum Gasteiger partial charge on any atom is -0.309 e. The Balaban J connectivity index is 1.78. The van der Waals surface area contributed by atoms with Gasteiger partial charge in [0.1, 0.15) is 6.29 Å². The van der Waals surface area contributed by atoms with E-state index in [1.807, 2.05) is 72.8 Å². The first-order valence-electron chi connectivity index (χ1n) is 10.2. The van der Waals surface area contributed by atoms with Crippen molar-refractivity contribution in [3.8, 4) is 0 Å². The zero-order chi connectivity index (χ0) is 19.9. The molecule has 0 saturated carbocycles.